The number of methoxy groups -OCH3 is 1. The monoisotopic (exact) mass is 507 g/mol. The van der Waals surface area contributed by atoms with Crippen LogP contribution in [0.4, 0.5) is 18.9 Å². The fourth-order valence-corrected chi connectivity index (χ4v) is 3.96. The van der Waals surface area contributed by atoms with E-state index in [1.807, 2.05) is 6.07 Å². The molecule has 33 heavy (non-hydrogen) atoms. The number of carbonyl (C=O) groups is 2. The highest BCUT2D eigenvalue weighted by atomic mass is 35.5. The molecule has 0 atom stereocenters. The van der Waals surface area contributed by atoms with Gasteiger partial charge in [-0.2, -0.15) is 18.3 Å². The number of nitrogens with one attached hydrogen (secondary N) is 1. The molecule has 0 radical (unpaired) electrons. The van der Waals surface area contributed by atoms with Crippen LogP contribution in [0.1, 0.15) is 18.3 Å². The van der Waals surface area contributed by atoms with Gasteiger partial charge in [-0.25, -0.2) is 0 Å². The number of carbonyl (C=O) groups excluding carboxylic acids is 2. The second-order valence-electron chi connectivity index (χ2n) is 7.36. The van der Waals surface area contributed by atoms with E-state index in [0.29, 0.717) is 37.0 Å². The molecular formula is C20H22Cl2F3N5O3. The predicted molar refractivity (Wildman–Crippen MR) is 117 cm³/mol. The number of aromatic nitrogens is 2. The molecule has 1 N–H and O–H groups in total. The lowest BCUT2D eigenvalue weighted by atomic mass is 10.2. The number of nitrogens with zero attached hydrogens (tertiary/aromatic N) is 4. The highest BCUT2D eigenvalue weighted by molar-refractivity contribution is 6.32. The summed E-state index contributed by atoms with van der Waals surface area (Å²) in [5.41, 5.74) is -0.493. The van der Waals surface area contributed by atoms with Crippen LogP contribution in [0.3, 0.4) is 0 Å². The molecule has 0 saturated carbocycles. The van der Waals surface area contributed by atoms with Gasteiger partial charge in [0.05, 0.1) is 29.4 Å². The largest absolute Gasteiger partial charge is 0.495 e. The van der Waals surface area contributed by atoms with Crippen LogP contribution in [0.2, 0.25) is 10.0 Å². The Hall–Kier alpha value is -2.66. The number of halogens is 5. The molecule has 0 bridgehead atoms. The van der Waals surface area contributed by atoms with Gasteiger partial charge in [-0.15, -0.1) is 0 Å². The molecule has 1 aromatic heterocycles. The summed E-state index contributed by atoms with van der Waals surface area (Å²) in [5, 5.41) is 5.76. The number of anilines is 1. The molecule has 2 aromatic rings. The van der Waals surface area contributed by atoms with Crippen LogP contribution in [0.25, 0.3) is 0 Å². The van der Waals surface area contributed by atoms with E-state index in [1.54, 1.807) is 17.0 Å². The van der Waals surface area contributed by atoms with Crippen molar-refractivity contribution in [2.45, 2.75) is 26.2 Å². The average Bonchev–Trinajstić information content (AvgIpc) is 3.08. The Labute approximate surface area is 198 Å². The first kappa shape index (κ1) is 25.0. The molecule has 1 aromatic carbocycles. The maximum absolute atomic E-state index is 13.3. The van der Waals surface area contributed by atoms with Crippen LogP contribution < -0.4 is 15.0 Å². The second-order valence-corrected chi connectivity index (χ2v) is 8.15. The normalized spacial score (nSPS) is 14.4. The Morgan fingerprint density at radius 1 is 1.18 bits per heavy atom. The first-order valence-corrected chi connectivity index (χ1v) is 10.7. The minimum Gasteiger partial charge on any atom is -0.495 e. The SMILES string of the molecule is COc1cc(N2CCN(C(=O)Cn3nc(C(F)(F)F)c(Cl)c3CNC(C)=O)CC2)ccc1Cl. The van der Waals surface area contributed by atoms with Gasteiger partial charge in [0.1, 0.15) is 12.3 Å². The summed E-state index contributed by atoms with van der Waals surface area (Å²) >= 11 is 11.9. The molecule has 3 rings (SSSR count). The third-order valence-corrected chi connectivity index (χ3v) is 5.89. The third kappa shape index (κ3) is 5.83. The van der Waals surface area contributed by atoms with Crippen molar-refractivity contribution in [2.24, 2.45) is 0 Å². The maximum atomic E-state index is 13.3. The molecule has 13 heteroatoms. The van der Waals surface area contributed by atoms with Crippen LogP contribution in [-0.4, -0.2) is 59.8 Å². The van der Waals surface area contributed by atoms with E-state index in [2.05, 4.69) is 15.3 Å². The van der Waals surface area contributed by atoms with Crippen molar-refractivity contribution in [1.82, 2.24) is 20.0 Å². The summed E-state index contributed by atoms with van der Waals surface area (Å²) < 4.78 is 45.9. The van der Waals surface area contributed by atoms with Crippen LogP contribution in [0, 0.1) is 0 Å². The predicted octanol–water partition coefficient (Wildman–Crippen LogP) is 3.20. The van der Waals surface area contributed by atoms with Crippen LogP contribution >= 0.6 is 23.2 Å². The second kappa shape index (κ2) is 10.1. The standard InChI is InChI=1S/C20H22Cl2F3N5O3/c1-12(31)26-10-15-18(22)19(20(23,24)25)27-30(15)11-17(32)29-7-5-28(6-8-29)13-3-4-14(21)16(9-13)33-2/h3-4,9H,5-8,10-11H2,1-2H3,(H,26,31). The molecule has 1 fully saturated rings. The van der Waals surface area contributed by atoms with Crippen molar-refractivity contribution in [3.8, 4) is 5.75 Å². The van der Waals surface area contributed by atoms with E-state index in [0.717, 1.165) is 10.4 Å². The zero-order valence-electron chi connectivity index (χ0n) is 17.9. The maximum Gasteiger partial charge on any atom is 0.436 e. The van der Waals surface area contributed by atoms with Gasteiger partial charge < -0.3 is 19.9 Å². The van der Waals surface area contributed by atoms with Crippen molar-refractivity contribution in [3.05, 3.63) is 39.6 Å². The number of piperazine rings is 1. The number of rotatable bonds is 6. The van der Waals surface area contributed by atoms with Crippen molar-refractivity contribution < 1.29 is 27.5 Å². The molecule has 1 saturated heterocycles. The molecule has 8 nitrogen and oxygen atoms in total. The summed E-state index contributed by atoms with van der Waals surface area (Å²) in [7, 11) is 1.52. The molecular weight excluding hydrogens is 486 g/mol. The topological polar surface area (TPSA) is 79.7 Å². The Morgan fingerprint density at radius 3 is 2.42 bits per heavy atom. The zero-order valence-corrected chi connectivity index (χ0v) is 19.4. The molecule has 2 amide bonds. The summed E-state index contributed by atoms with van der Waals surface area (Å²) in [6, 6.07) is 5.38. The number of hydrogen-bond donors (Lipinski definition) is 1. The van der Waals surface area contributed by atoms with Gasteiger partial charge in [0, 0.05) is 44.9 Å². The smallest absolute Gasteiger partial charge is 0.436 e. The summed E-state index contributed by atoms with van der Waals surface area (Å²) in [6.45, 7) is 2.28. The lowest BCUT2D eigenvalue weighted by molar-refractivity contribution is -0.142. The van der Waals surface area contributed by atoms with Gasteiger partial charge in [-0.1, -0.05) is 23.2 Å². The fourth-order valence-electron chi connectivity index (χ4n) is 3.45. The van der Waals surface area contributed by atoms with Crippen LogP contribution in [0.5, 0.6) is 5.75 Å². The molecule has 2 heterocycles. The van der Waals surface area contributed by atoms with Gasteiger partial charge in [-0.05, 0) is 12.1 Å². The van der Waals surface area contributed by atoms with Crippen LogP contribution in [0.15, 0.2) is 18.2 Å². The number of alkyl halides is 3. The van der Waals surface area contributed by atoms with Gasteiger partial charge >= 0.3 is 6.18 Å². The lowest BCUT2D eigenvalue weighted by Gasteiger charge is -2.36. The molecule has 0 spiro atoms. The summed E-state index contributed by atoms with van der Waals surface area (Å²) in [5.74, 6) is -0.315. The third-order valence-electron chi connectivity index (χ3n) is 5.18. The van der Waals surface area contributed by atoms with E-state index in [9.17, 15) is 22.8 Å². The molecule has 0 unspecified atom stereocenters. The van der Waals surface area contributed by atoms with E-state index in [-0.39, 0.29) is 12.2 Å². The fraction of sp³-hybridized carbons (Fsp3) is 0.450. The first-order valence-electron chi connectivity index (χ1n) is 9.94. The molecule has 1 aliphatic heterocycles. The Kier molecular flexibility index (Phi) is 7.63. The van der Waals surface area contributed by atoms with E-state index in [1.165, 1.54) is 14.0 Å². The van der Waals surface area contributed by atoms with Crippen LogP contribution in [-0.2, 0) is 28.9 Å². The molecule has 0 aliphatic carbocycles. The highest BCUT2D eigenvalue weighted by Crippen LogP contribution is 2.35. The van der Waals surface area contributed by atoms with Gasteiger partial charge in [0.2, 0.25) is 11.8 Å². The first-order chi connectivity index (χ1) is 15.5. The molecule has 180 valence electrons. The zero-order chi connectivity index (χ0) is 24.3. The van der Waals surface area contributed by atoms with Crippen molar-refractivity contribution >= 4 is 40.7 Å². The van der Waals surface area contributed by atoms with E-state index < -0.39 is 35.3 Å². The Balaban J connectivity index is 1.70. The minimum absolute atomic E-state index is 0.0839. The van der Waals surface area contributed by atoms with Gasteiger partial charge in [0.15, 0.2) is 5.69 Å². The Morgan fingerprint density at radius 2 is 1.85 bits per heavy atom. The highest BCUT2D eigenvalue weighted by Gasteiger charge is 2.39. The Bertz CT molecular complexity index is 1040. The van der Waals surface area contributed by atoms with Crippen molar-refractivity contribution in [1.29, 1.82) is 0 Å². The van der Waals surface area contributed by atoms with Gasteiger partial charge in [-0.3, -0.25) is 14.3 Å². The van der Waals surface area contributed by atoms with E-state index >= 15 is 0 Å². The van der Waals surface area contributed by atoms with E-state index in [4.69, 9.17) is 27.9 Å². The number of benzene rings is 1. The quantitative estimate of drug-likeness (QED) is 0.649. The average molecular weight is 508 g/mol. The minimum atomic E-state index is -4.79. The van der Waals surface area contributed by atoms with Crippen molar-refractivity contribution in [2.75, 3.05) is 38.2 Å². The van der Waals surface area contributed by atoms with Crippen molar-refractivity contribution in [3.63, 3.8) is 0 Å². The van der Waals surface area contributed by atoms with Gasteiger partial charge in [0.25, 0.3) is 0 Å². The number of amides is 2. The molecule has 1 aliphatic rings. The lowest BCUT2D eigenvalue weighted by Crippen LogP contribution is -2.49. The summed E-state index contributed by atoms with van der Waals surface area (Å²) in [6.07, 6.45) is -4.79. The number of ether oxygens (including phenoxy) is 1. The summed E-state index contributed by atoms with van der Waals surface area (Å²) in [4.78, 5) is 27.6. The number of hydrogen-bond acceptors (Lipinski definition) is 5.